The third-order valence-corrected chi connectivity index (χ3v) is 8.95. The van der Waals surface area contributed by atoms with Gasteiger partial charge in [0, 0.05) is 5.71 Å². The maximum absolute atomic E-state index is 10.5. The second-order valence-electron chi connectivity index (χ2n) is 9.72. The van der Waals surface area contributed by atoms with Gasteiger partial charge in [-0.05, 0) is 91.8 Å². The van der Waals surface area contributed by atoms with Crippen molar-refractivity contribution in [1.29, 1.82) is 0 Å². The van der Waals surface area contributed by atoms with Gasteiger partial charge in [0.05, 0.1) is 6.10 Å². The Morgan fingerprint density at radius 1 is 1.04 bits per heavy atom. The Balaban J connectivity index is 1.63. The number of hydrazone groups is 1. The third-order valence-electron chi connectivity index (χ3n) is 8.95. The normalized spacial score (nSPS) is 57.7. The number of nitrogens with two attached hydrogens (primary N) is 1. The van der Waals surface area contributed by atoms with Crippen LogP contribution in [0.25, 0.3) is 0 Å². The standard InChI is InChI=1S/C20H34N2O/c1-12-11-20(3)13(10-17(12)22-21)4-5-14-15-6-7-18(23)19(15,2)9-8-16(14)20/h12-16,18,23H,4-11,21H2,1-3H3/b22-17+/t12-,13+,14-,15-,16-,18-,19-,20-/m0/s1. The molecule has 0 bridgehead atoms. The summed E-state index contributed by atoms with van der Waals surface area (Å²) in [5, 5.41) is 14.7. The monoisotopic (exact) mass is 318 g/mol. The van der Waals surface area contributed by atoms with Crippen molar-refractivity contribution in [3.63, 3.8) is 0 Å². The number of rotatable bonds is 0. The highest BCUT2D eigenvalue weighted by Gasteiger charge is 2.60. The summed E-state index contributed by atoms with van der Waals surface area (Å²) in [7, 11) is 0. The van der Waals surface area contributed by atoms with Crippen LogP contribution in [0.1, 0.15) is 72.1 Å². The van der Waals surface area contributed by atoms with E-state index in [0.29, 0.717) is 11.3 Å². The zero-order valence-electron chi connectivity index (χ0n) is 15.1. The molecule has 0 aromatic carbocycles. The Bertz CT molecular complexity index is 518. The second-order valence-corrected chi connectivity index (χ2v) is 9.72. The van der Waals surface area contributed by atoms with Gasteiger partial charge in [-0.1, -0.05) is 20.8 Å². The van der Waals surface area contributed by atoms with E-state index in [1.807, 2.05) is 0 Å². The van der Waals surface area contributed by atoms with Gasteiger partial charge >= 0.3 is 0 Å². The summed E-state index contributed by atoms with van der Waals surface area (Å²) in [5.41, 5.74) is 1.92. The van der Waals surface area contributed by atoms with Crippen LogP contribution in [0, 0.1) is 40.4 Å². The van der Waals surface area contributed by atoms with Gasteiger partial charge in [0.1, 0.15) is 0 Å². The summed E-state index contributed by atoms with van der Waals surface area (Å²) < 4.78 is 0. The van der Waals surface area contributed by atoms with E-state index in [0.717, 1.165) is 36.5 Å². The van der Waals surface area contributed by atoms with E-state index >= 15 is 0 Å². The van der Waals surface area contributed by atoms with Gasteiger partial charge in [0.2, 0.25) is 0 Å². The second kappa shape index (κ2) is 5.21. The molecule has 0 aliphatic heterocycles. The summed E-state index contributed by atoms with van der Waals surface area (Å²) in [6.07, 6.45) is 9.88. The molecule has 0 amide bonds. The van der Waals surface area contributed by atoms with Gasteiger partial charge in [-0.3, -0.25) is 0 Å². The molecule has 4 saturated carbocycles. The molecule has 23 heavy (non-hydrogen) atoms. The van der Waals surface area contributed by atoms with E-state index in [1.54, 1.807) is 0 Å². The molecule has 0 heterocycles. The van der Waals surface area contributed by atoms with Crippen molar-refractivity contribution >= 4 is 5.71 Å². The maximum Gasteiger partial charge on any atom is 0.0596 e. The highest BCUT2D eigenvalue weighted by Crippen LogP contribution is 2.66. The molecule has 0 aromatic rings. The van der Waals surface area contributed by atoms with E-state index < -0.39 is 0 Å². The van der Waals surface area contributed by atoms with Crippen LogP contribution < -0.4 is 5.84 Å². The number of hydrogen-bond donors (Lipinski definition) is 2. The van der Waals surface area contributed by atoms with Crippen LogP contribution in [0.4, 0.5) is 0 Å². The molecule has 4 fully saturated rings. The summed E-state index contributed by atoms with van der Waals surface area (Å²) in [4.78, 5) is 0. The predicted octanol–water partition coefficient (Wildman–Crippen LogP) is 3.95. The van der Waals surface area contributed by atoms with E-state index in [4.69, 9.17) is 5.84 Å². The van der Waals surface area contributed by atoms with Crippen molar-refractivity contribution in [3.05, 3.63) is 0 Å². The molecule has 0 saturated heterocycles. The molecular formula is C20H34N2O. The van der Waals surface area contributed by atoms with Crippen LogP contribution >= 0.6 is 0 Å². The van der Waals surface area contributed by atoms with Gasteiger partial charge in [-0.2, -0.15) is 5.10 Å². The Labute approximate surface area is 141 Å². The summed E-state index contributed by atoms with van der Waals surface area (Å²) >= 11 is 0. The number of nitrogens with zero attached hydrogens (tertiary/aromatic N) is 1. The molecule has 0 radical (unpaired) electrons. The Hall–Kier alpha value is -0.570. The minimum Gasteiger partial charge on any atom is -0.393 e. The largest absolute Gasteiger partial charge is 0.393 e. The Morgan fingerprint density at radius 2 is 1.78 bits per heavy atom. The fourth-order valence-electron chi connectivity index (χ4n) is 7.57. The molecule has 130 valence electrons. The maximum atomic E-state index is 10.5. The van der Waals surface area contributed by atoms with Crippen molar-refractivity contribution < 1.29 is 5.11 Å². The molecule has 0 aromatic heterocycles. The molecule has 3 heteroatoms. The Morgan fingerprint density at radius 3 is 2.52 bits per heavy atom. The van der Waals surface area contributed by atoms with Gasteiger partial charge in [0.15, 0.2) is 0 Å². The van der Waals surface area contributed by atoms with Gasteiger partial charge in [0.25, 0.3) is 0 Å². The van der Waals surface area contributed by atoms with Crippen LogP contribution in [-0.2, 0) is 0 Å². The van der Waals surface area contributed by atoms with Crippen molar-refractivity contribution in [2.75, 3.05) is 0 Å². The number of fused-ring (bicyclic) bond motifs is 5. The van der Waals surface area contributed by atoms with Gasteiger partial charge in [-0.25, -0.2) is 0 Å². The molecule has 0 unspecified atom stereocenters. The van der Waals surface area contributed by atoms with Gasteiger partial charge in [-0.15, -0.1) is 0 Å². The third kappa shape index (κ3) is 2.08. The van der Waals surface area contributed by atoms with E-state index in [-0.39, 0.29) is 11.5 Å². The van der Waals surface area contributed by atoms with E-state index in [2.05, 4.69) is 25.9 Å². The topological polar surface area (TPSA) is 58.6 Å². The lowest BCUT2D eigenvalue weighted by molar-refractivity contribution is -0.116. The quantitative estimate of drug-likeness (QED) is 0.525. The van der Waals surface area contributed by atoms with Gasteiger partial charge < -0.3 is 10.9 Å². The lowest BCUT2D eigenvalue weighted by Gasteiger charge is -2.61. The zero-order valence-corrected chi connectivity index (χ0v) is 15.1. The predicted molar refractivity (Wildman–Crippen MR) is 93.9 cm³/mol. The highest BCUT2D eigenvalue weighted by atomic mass is 16.3. The fraction of sp³-hybridized carbons (Fsp3) is 0.950. The molecule has 8 atom stereocenters. The van der Waals surface area contributed by atoms with Crippen LogP contribution in [0.3, 0.4) is 0 Å². The molecule has 0 spiro atoms. The van der Waals surface area contributed by atoms with Crippen LogP contribution in [0.15, 0.2) is 5.10 Å². The lowest BCUT2D eigenvalue weighted by atomic mass is 9.44. The smallest absolute Gasteiger partial charge is 0.0596 e. The highest BCUT2D eigenvalue weighted by molar-refractivity contribution is 5.87. The Kier molecular flexibility index (Phi) is 3.61. The van der Waals surface area contributed by atoms with Crippen LogP contribution in [-0.4, -0.2) is 16.9 Å². The SMILES string of the molecule is C[C@H]1C[C@@]2(C)[C@H](CC[C@@H]3[C@@H]2CC[C@]2(C)[C@@H](O)CC[C@@H]32)C/C1=N\N. The zero-order chi connectivity index (χ0) is 16.4. The first-order valence-electron chi connectivity index (χ1n) is 9.85. The molecule has 4 aliphatic rings. The number of aliphatic hydroxyl groups excluding tert-OH is 1. The first-order chi connectivity index (χ1) is 10.9. The van der Waals surface area contributed by atoms with E-state index in [1.165, 1.54) is 44.2 Å². The fourth-order valence-corrected chi connectivity index (χ4v) is 7.57. The minimum absolute atomic E-state index is 0.0553. The van der Waals surface area contributed by atoms with Crippen molar-refractivity contribution in [3.8, 4) is 0 Å². The van der Waals surface area contributed by atoms with Crippen molar-refractivity contribution in [2.45, 2.75) is 78.2 Å². The number of hydrogen-bond acceptors (Lipinski definition) is 3. The summed E-state index contributed by atoms with van der Waals surface area (Å²) in [5.74, 6) is 9.43. The molecule has 3 nitrogen and oxygen atoms in total. The number of aliphatic hydroxyl groups is 1. The lowest BCUT2D eigenvalue weighted by Crippen LogP contribution is -2.55. The molecule has 4 aliphatic carbocycles. The first-order valence-corrected chi connectivity index (χ1v) is 9.85. The minimum atomic E-state index is -0.0553. The van der Waals surface area contributed by atoms with Crippen molar-refractivity contribution in [2.24, 2.45) is 51.4 Å². The molecule has 4 rings (SSSR count). The molecular weight excluding hydrogens is 284 g/mol. The first kappa shape index (κ1) is 15.9. The molecule has 3 N–H and O–H groups in total. The van der Waals surface area contributed by atoms with Crippen LogP contribution in [0.2, 0.25) is 0 Å². The average Bonchev–Trinajstić information content (AvgIpc) is 2.82. The van der Waals surface area contributed by atoms with E-state index in [9.17, 15) is 5.11 Å². The average molecular weight is 319 g/mol. The summed E-state index contributed by atoms with van der Waals surface area (Å²) in [6, 6.07) is 0. The summed E-state index contributed by atoms with van der Waals surface area (Å²) in [6.45, 7) is 7.28. The van der Waals surface area contributed by atoms with Crippen LogP contribution in [0.5, 0.6) is 0 Å². The van der Waals surface area contributed by atoms with Crippen molar-refractivity contribution in [1.82, 2.24) is 0 Å².